The van der Waals surface area contributed by atoms with E-state index in [0.29, 0.717) is 11.3 Å². The third-order valence-corrected chi connectivity index (χ3v) is 3.14. The van der Waals surface area contributed by atoms with Crippen LogP contribution in [0.1, 0.15) is 22.8 Å². The summed E-state index contributed by atoms with van der Waals surface area (Å²) in [5, 5.41) is 29.2. The number of hydrogen-bond acceptors (Lipinski definition) is 5. The van der Waals surface area contributed by atoms with Gasteiger partial charge in [0.25, 0.3) is 0 Å². The van der Waals surface area contributed by atoms with Crippen molar-refractivity contribution < 1.29 is 24.9 Å². The summed E-state index contributed by atoms with van der Waals surface area (Å²) in [6.45, 7) is 4.42. The molecule has 0 radical (unpaired) electrons. The van der Waals surface area contributed by atoms with E-state index in [-0.39, 0.29) is 29.3 Å². The number of rotatable bonds is 3. The van der Waals surface area contributed by atoms with Gasteiger partial charge in [-0.1, -0.05) is 6.58 Å². The molecule has 1 aliphatic rings. The summed E-state index contributed by atoms with van der Waals surface area (Å²) in [5.41, 5.74) is -0.912. The van der Waals surface area contributed by atoms with Crippen molar-refractivity contribution in [2.45, 2.75) is 12.5 Å². The highest BCUT2D eigenvalue weighted by Crippen LogP contribution is 2.43. The van der Waals surface area contributed by atoms with E-state index >= 15 is 0 Å². The molecule has 1 aromatic carbocycles. The SMILES string of the molecule is C=C(CO)C1(O)COc2cc(C(C)=O)c(O)cc21. The highest BCUT2D eigenvalue weighted by atomic mass is 16.5. The largest absolute Gasteiger partial charge is 0.507 e. The molecule has 2 rings (SSSR count). The molecule has 0 aromatic heterocycles. The van der Waals surface area contributed by atoms with Crippen LogP contribution in [0, 0.1) is 0 Å². The molecule has 0 amide bonds. The maximum Gasteiger partial charge on any atom is 0.163 e. The van der Waals surface area contributed by atoms with Gasteiger partial charge in [0.15, 0.2) is 11.4 Å². The summed E-state index contributed by atoms with van der Waals surface area (Å²) in [7, 11) is 0. The first-order valence-corrected chi connectivity index (χ1v) is 5.43. The molecule has 3 N–H and O–H groups in total. The molecule has 1 aromatic rings. The number of hydrogen-bond donors (Lipinski definition) is 3. The summed E-state index contributed by atoms with van der Waals surface area (Å²) in [4.78, 5) is 11.3. The summed E-state index contributed by atoms with van der Waals surface area (Å²) < 4.78 is 5.30. The fraction of sp³-hybridized carbons (Fsp3) is 0.308. The van der Waals surface area contributed by atoms with E-state index < -0.39 is 12.2 Å². The monoisotopic (exact) mass is 250 g/mol. The maximum absolute atomic E-state index is 11.3. The molecule has 1 aliphatic heterocycles. The lowest BCUT2D eigenvalue weighted by Gasteiger charge is -2.22. The van der Waals surface area contributed by atoms with Gasteiger partial charge in [-0.05, 0) is 24.6 Å². The molecule has 0 saturated heterocycles. The van der Waals surface area contributed by atoms with Crippen LogP contribution < -0.4 is 4.74 Å². The number of phenolic OH excluding ortho intramolecular Hbond substituents is 1. The molecule has 1 heterocycles. The Morgan fingerprint density at radius 2 is 2.22 bits per heavy atom. The van der Waals surface area contributed by atoms with E-state index in [4.69, 9.17) is 9.84 Å². The van der Waals surface area contributed by atoms with Gasteiger partial charge in [-0.3, -0.25) is 4.79 Å². The van der Waals surface area contributed by atoms with E-state index in [1.165, 1.54) is 19.1 Å². The first kappa shape index (κ1) is 12.6. The number of aliphatic hydroxyl groups excluding tert-OH is 1. The summed E-state index contributed by atoms with van der Waals surface area (Å²) in [5.74, 6) is -0.207. The van der Waals surface area contributed by atoms with Crippen LogP contribution in [0.3, 0.4) is 0 Å². The zero-order valence-corrected chi connectivity index (χ0v) is 9.93. The second-order valence-electron chi connectivity index (χ2n) is 4.33. The van der Waals surface area contributed by atoms with Gasteiger partial charge in [-0.15, -0.1) is 0 Å². The normalized spacial score (nSPS) is 21.3. The molecule has 0 bridgehead atoms. The third kappa shape index (κ3) is 1.68. The van der Waals surface area contributed by atoms with Crippen molar-refractivity contribution in [3.63, 3.8) is 0 Å². The molecule has 0 aliphatic carbocycles. The van der Waals surface area contributed by atoms with Crippen LogP contribution in [-0.2, 0) is 5.60 Å². The van der Waals surface area contributed by atoms with Crippen molar-refractivity contribution in [3.8, 4) is 11.5 Å². The molecule has 0 saturated carbocycles. The van der Waals surface area contributed by atoms with E-state index in [0.717, 1.165) is 0 Å². The van der Waals surface area contributed by atoms with Crippen LogP contribution in [0.2, 0.25) is 0 Å². The number of ketones is 1. The topological polar surface area (TPSA) is 87.0 Å². The van der Waals surface area contributed by atoms with Crippen LogP contribution >= 0.6 is 0 Å². The first-order valence-electron chi connectivity index (χ1n) is 5.43. The van der Waals surface area contributed by atoms with E-state index in [1.54, 1.807) is 0 Å². The lowest BCUT2D eigenvalue weighted by Crippen LogP contribution is -2.31. The van der Waals surface area contributed by atoms with Gasteiger partial charge in [0.05, 0.1) is 12.2 Å². The fourth-order valence-corrected chi connectivity index (χ4v) is 1.98. The number of benzene rings is 1. The highest BCUT2D eigenvalue weighted by Gasteiger charge is 2.42. The molecular weight excluding hydrogens is 236 g/mol. The van der Waals surface area contributed by atoms with Crippen LogP contribution in [0.4, 0.5) is 0 Å². The van der Waals surface area contributed by atoms with Crippen molar-refractivity contribution >= 4 is 5.78 Å². The smallest absolute Gasteiger partial charge is 0.163 e. The van der Waals surface area contributed by atoms with Gasteiger partial charge in [-0.2, -0.15) is 0 Å². The molecule has 18 heavy (non-hydrogen) atoms. The second kappa shape index (κ2) is 4.12. The van der Waals surface area contributed by atoms with Crippen LogP contribution in [-0.4, -0.2) is 34.3 Å². The van der Waals surface area contributed by atoms with Crippen molar-refractivity contribution in [3.05, 3.63) is 35.4 Å². The molecule has 1 atom stereocenters. The average molecular weight is 250 g/mol. The fourth-order valence-electron chi connectivity index (χ4n) is 1.98. The zero-order chi connectivity index (χ0) is 13.5. The van der Waals surface area contributed by atoms with E-state index in [1.807, 2.05) is 0 Å². The lowest BCUT2D eigenvalue weighted by molar-refractivity contribution is 0.0421. The Balaban J connectivity index is 2.56. The van der Waals surface area contributed by atoms with Gasteiger partial charge >= 0.3 is 0 Å². The van der Waals surface area contributed by atoms with Crippen LogP contribution in [0.15, 0.2) is 24.3 Å². The molecule has 5 heteroatoms. The number of aliphatic hydroxyl groups is 2. The van der Waals surface area contributed by atoms with Crippen molar-refractivity contribution in [1.82, 2.24) is 0 Å². The van der Waals surface area contributed by atoms with Crippen molar-refractivity contribution in [2.24, 2.45) is 0 Å². The minimum atomic E-state index is -1.53. The maximum atomic E-state index is 11.3. The summed E-state index contributed by atoms with van der Waals surface area (Å²) in [6.07, 6.45) is 0. The predicted molar refractivity (Wildman–Crippen MR) is 63.7 cm³/mol. The zero-order valence-electron chi connectivity index (χ0n) is 9.93. The molecule has 1 unspecified atom stereocenters. The molecular formula is C13H14O5. The van der Waals surface area contributed by atoms with Gasteiger partial charge < -0.3 is 20.1 Å². The number of fused-ring (bicyclic) bond motifs is 1. The van der Waals surface area contributed by atoms with Gasteiger partial charge in [-0.25, -0.2) is 0 Å². The Morgan fingerprint density at radius 1 is 1.56 bits per heavy atom. The summed E-state index contributed by atoms with van der Waals surface area (Å²) >= 11 is 0. The minimum Gasteiger partial charge on any atom is -0.507 e. The molecule has 5 nitrogen and oxygen atoms in total. The number of carbonyl (C=O) groups excluding carboxylic acids is 1. The number of ether oxygens (including phenoxy) is 1. The van der Waals surface area contributed by atoms with Crippen LogP contribution in [0.25, 0.3) is 0 Å². The Hall–Kier alpha value is -1.85. The molecule has 0 fully saturated rings. The Labute approximate surface area is 104 Å². The summed E-state index contributed by atoms with van der Waals surface area (Å²) in [6, 6.07) is 2.66. The Kier molecular flexibility index (Phi) is 2.88. The van der Waals surface area contributed by atoms with Crippen molar-refractivity contribution in [1.29, 1.82) is 0 Å². The lowest BCUT2D eigenvalue weighted by atomic mass is 9.88. The number of carbonyl (C=O) groups is 1. The Morgan fingerprint density at radius 3 is 2.78 bits per heavy atom. The molecule has 0 spiro atoms. The van der Waals surface area contributed by atoms with Crippen molar-refractivity contribution in [2.75, 3.05) is 13.2 Å². The number of phenols is 1. The third-order valence-electron chi connectivity index (χ3n) is 3.14. The average Bonchev–Trinajstić information content (AvgIpc) is 2.66. The minimum absolute atomic E-state index is 0.0947. The quantitative estimate of drug-likeness (QED) is 0.543. The van der Waals surface area contributed by atoms with Crippen LogP contribution in [0.5, 0.6) is 11.5 Å². The highest BCUT2D eigenvalue weighted by molar-refractivity contribution is 5.97. The first-order chi connectivity index (χ1) is 8.40. The van der Waals surface area contributed by atoms with E-state index in [9.17, 15) is 15.0 Å². The van der Waals surface area contributed by atoms with Gasteiger partial charge in [0, 0.05) is 5.56 Å². The van der Waals surface area contributed by atoms with Gasteiger partial charge in [0.2, 0.25) is 0 Å². The number of Topliss-reactive ketones (excluding diaryl/α,β-unsaturated/α-hetero) is 1. The molecule has 96 valence electrons. The predicted octanol–water partition coefficient (Wildman–Crippen LogP) is 0.723. The Bertz CT molecular complexity index is 534. The number of aromatic hydroxyl groups is 1. The van der Waals surface area contributed by atoms with E-state index in [2.05, 4.69) is 6.58 Å². The standard InChI is InChI=1S/C13H14O5/c1-7(5-14)13(17)6-18-12-3-9(8(2)15)11(16)4-10(12)13/h3-4,14,16-17H,1,5-6H2,2H3. The van der Waals surface area contributed by atoms with Gasteiger partial charge in [0.1, 0.15) is 18.1 Å². The second-order valence-corrected chi connectivity index (χ2v) is 4.33.